The van der Waals surface area contributed by atoms with E-state index < -0.39 is 0 Å². The Morgan fingerprint density at radius 2 is 2.18 bits per heavy atom. The Labute approximate surface area is 70.8 Å². The first kappa shape index (κ1) is 10.3. The molecule has 0 saturated carbocycles. The fraction of sp³-hybridized carbons (Fsp3) is 0.667. The molecule has 0 unspecified atom stereocenters. The van der Waals surface area contributed by atoms with Crippen LogP contribution in [0.3, 0.4) is 0 Å². The first-order valence-electron chi connectivity index (χ1n) is 3.27. The summed E-state index contributed by atoms with van der Waals surface area (Å²) in [6.07, 6.45) is 0. The molecule has 11 heavy (non-hydrogen) atoms. The van der Waals surface area contributed by atoms with Crippen LogP contribution in [0.25, 0.3) is 0 Å². The van der Waals surface area contributed by atoms with Gasteiger partial charge in [-0.3, -0.25) is 10.7 Å². The number of amides is 2. The van der Waals surface area contributed by atoms with E-state index in [0.717, 1.165) is 5.75 Å². The lowest BCUT2D eigenvalue weighted by Crippen LogP contribution is -2.37. The zero-order chi connectivity index (χ0) is 8.85. The Balaban J connectivity index is 3.67. The van der Waals surface area contributed by atoms with Crippen LogP contribution in [-0.4, -0.2) is 35.9 Å². The SMILES string of the molecule is CCSC(=N)NC(=O)N(C)C. The van der Waals surface area contributed by atoms with E-state index >= 15 is 0 Å². The molecule has 0 rings (SSSR count). The molecule has 0 aliphatic rings. The summed E-state index contributed by atoms with van der Waals surface area (Å²) in [5.41, 5.74) is 0. The van der Waals surface area contributed by atoms with E-state index in [1.165, 1.54) is 16.7 Å². The van der Waals surface area contributed by atoms with Crippen LogP contribution < -0.4 is 5.32 Å². The summed E-state index contributed by atoms with van der Waals surface area (Å²) in [5.74, 6) is 0.798. The van der Waals surface area contributed by atoms with Crippen LogP contribution in [0.1, 0.15) is 6.92 Å². The fourth-order valence-electron chi connectivity index (χ4n) is 0.389. The lowest BCUT2D eigenvalue weighted by Gasteiger charge is -2.11. The highest BCUT2D eigenvalue weighted by molar-refractivity contribution is 8.13. The van der Waals surface area contributed by atoms with Crippen molar-refractivity contribution in [1.29, 1.82) is 5.41 Å². The number of amidine groups is 1. The summed E-state index contributed by atoms with van der Waals surface area (Å²) in [7, 11) is 3.28. The van der Waals surface area contributed by atoms with Gasteiger partial charge in [-0.25, -0.2) is 4.79 Å². The molecule has 0 spiro atoms. The number of nitrogens with one attached hydrogen (secondary N) is 2. The summed E-state index contributed by atoms with van der Waals surface area (Å²) >= 11 is 1.30. The van der Waals surface area contributed by atoms with Gasteiger partial charge >= 0.3 is 6.03 Å². The smallest absolute Gasteiger partial charge is 0.322 e. The van der Waals surface area contributed by atoms with E-state index in [4.69, 9.17) is 5.41 Å². The third-order valence-corrected chi connectivity index (χ3v) is 1.59. The van der Waals surface area contributed by atoms with Crippen LogP contribution >= 0.6 is 11.8 Å². The van der Waals surface area contributed by atoms with Crippen molar-refractivity contribution in [3.05, 3.63) is 0 Å². The molecule has 0 aliphatic heterocycles. The van der Waals surface area contributed by atoms with E-state index in [2.05, 4.69) is 5.32 Å². The molecule has 2 N–H and O–H groups in total. The molecule has 0 fully saturated rings. The van der Waals surface area contributed by atoms with Crippen molar-refractivity contribution in [2.75, 3.05) is 19.8 Å². The first-order chi connectivity index (χ1) is 5.07. The van der Waals surface area contributed by atoms with Crippen molar-refractivity contribution in [2.24, 2.45) is 0 Å². The Morgan fingerprint density at radius 3 is 2.55 bits per heavy atom. The van der Waals surface area contributed by atoms with Gasteiger partial charge in [0.2, 0.25) is 0 Å². The van der Waals surface area contributed by atoms with E-state index in [-0.39, 0.29) is 11.2 Å². The number of carbonyl (C=O) groups is 1. The highest BCUT2D eigenvalue weighted by Gasteiger charge is 2.04. The molecule has 2 amide bonds. The maximum Gasteiger partial charge on any atom is 0.322 e. The van der Waals surface area contributed by atoms with E-state index in [1.54, 1.807) is 14.1 Å². The minimum Gasteiger partial charge on any atom is -0.331 e. The molecule has 0 radical (unpaired) electrons. The Kier molecular flexibility index (Phi) is 4.69. The second-order valence-corrected chi connectivity index (χ2v) is 3.36. The van der Waals surface area contributed by atoms with Gasteiger partial charge < -0.3 is 4.90 Å². The zero-order valence-corrected chi connectivity index (χ0v) is 7.79. The van der Waals surface area contributed by atoms with Crippen LogP contribution in [0, 0.1) is 5.41 Å². The summed E-state index contributed by atoms with van der Waals surface area (Å²) < 4.78 is 0. The molecule has 0 aromatic carbocycles. The molecule has 0 bridgehead atoms. The minimum absolute atomic E-state index is 0.200. The van der Waals surface area contributed by atoms with Gasteiger partial charge in [-0.2, -0.15) is 0 Å². The van der Waals surface area contributed by atoms with Gasteiger partial charge in [0.25, 0.3) is 0 Å². The second-order valence-electron chi connectivity index (χ2n) is 2.09. The van der Waals surface area contributed by atoms with Gasteiger partial charge in [-0.05, 0) is 5.75 Å². The predicted molar refractivity (Wildman–Crippen MR) is 48.1 cm³/mol. The molecule has 0 atom stereocenters. The highest BCUT2D eigenvalue weighted by Crippen LogP contribution is 1.97. The standard InChI is InChI=1S/C6H13N3OS/c1-4-11-5(7)8-6(10)9(2)3/h4H2,1-3H3,(H2,7,8,10). The van der Waals surface area contributed by atoms with Crippen molar-refractivity contribution in [1.82, 2.24) is 10.2 Å². The van der Waals surface area contributed by atoms with Gasteiger partial charge in [-0.1, -0.05) is 18.7 Å². The van der Waals surface area contributed by atoms with E-state index in [0.29, 0.717) is 0 Å². The molecule has 64 valence electrons. The molecule has 0 aromatic heterocycles. The summed E-state index contributed by atoms with van der Waals surface area (Å²) in [6, 6.07) is -0.254. The number of rotatable bonds is 1. The monoisotopic (exact) mass is 175 g/mol. The normalized spacial score (nSPS) is 9.00. The number of carbonyl (C=O) groups excluding carboxylic acids is 1. The van der Waals surface area contributed by atoms with Gasteiger partial charge in [0.15, 0.2) is 5.17 Å². The van der Waals surface area contributed by atoms with Crippen LogP contribution in [0.4, 0.5) is 4.79 Å². The minimum atomic E-state index is -0.254. The lowest BCUT2D eigenvalue weighted by atomic mass is 10.8. The molecule has 5 heteroatoms. The zero-order valence-electron chi connectivity index (χ0n) is 6.97. The van der Waals surface area contributed by atoms with Crippen LogP contribution in [-0.2, 0) is 0 Å². The summed E-state index contributed by atoms with van der Waals surface area (Å²) in [4.78, 5) is 12.3. The average molecular weight is 175 g/mol. The average Bonchev–Trinajstić information content (AvgIpc) is 1.87. The fourth-order valence-corrected chi connectivity index (χ4v) is 0.838. The van der Waals surface area contributed by atoms with Gasteiger partial charge in [0.05, 0.1) is 0 Å². The molecule has 0 aliphatic carbocycles. The second kappa shape index (κ2) is 5.01. The molecular weight excluding hydrogens is 162 g/mol. The topological polar surface area (TPSA) is 56.2 Å². The van der Waals surface area contributed by atoms with Crippen molar-refractivity contribution < 1.29 is 4.79 Å². The largest absolute Gasteiger partial charge is 0.331 e. The molecule has 0 heterocycles. The Morgan fingerprint density at radius 1 is 1.64 bits per heavy atom. The number of urea groups is 1. The number of nitrogens with zero attached hydrogens (tertiary/aromatic N) is 1. The Hall–Kier alpha value is -0.710. The molecule has 0 saturated heterocycles. The maximum absolute atomic E-state index is 10.9. The number of thioether (sulfide) groups is 1. The number of hydrogen-bond donors (Lipinski definition) is 2. The van der Waals surface area contributed by atoms with Crippen LogP contribution in [0.15, 0.2) is 0 Å². The predicted octanol–water partition coefficient (Wildman–Crippen LogP) is 0.945. The van der Waals surface area contributed by atoms with Gasteiger partial charge in [0, 0.05) is 14.1 Å². The lowest BCUT2D eigenvalue weighted by molar-refractivity contribution is 0.222. The quantitative estimate of drug-likeness (QED) is 0.460. The Bertz CT molecular complexity index is 158. The van der Waals surface area contributed by atoms with Crippen LogP contribution in [0.2, 0.25) is 0 Å². The molecular formula is C6H13N3OS. The van der Waals surface area contributed by atoms with Gasteiger partial charge in [0.1, 0.15) is 0 Å². The summed E-state index contributed by atoms with van der Waals surface area (Å²) in [6.45, 7) is 1.93. The summed E-state index contributed by atoms with van der Waals surface area (Å²) in [5, 5.41) is 9.83. The van der Waals surface area contributed by atoms with Crippen LogP contribution in [0.5, 0.6) is 0 Å². The molecule has 4 nitrogen and oxygen atoms in total. The third kappa shape index (κ3) is 4.66. The maximum atomic E-state index is 10.9. The van der Waals surface area contributed by atoms with Crippen molar-refractivity contribution in [3.63, 3.8) is 0 Å². The highest BCUT2D eigenvalue weighted by atomic mass is 32.2. The first-order valence-corrected chi connectivity index (χ1v) is 4.26. The van der Waals surface area contributed by atoms with E-state index in [9.17, 15) is 4.79 Å². The van der Waals surface area contributed by atoms with Gasteiger partial charge in [-0.15, -0.1) is 0 Å². The van der Waals surface area contributed by atoms with E-state index in [1.807, 2.05) is 6.92 Å². The van der Waals surface area contributed by atoms with Crippen molar-refractivity contribution >= 4 is 23.0 Å². The number of hydrogen-bond acceptors (Lipinski definition) is 3. The molecule has 0 aromatic rings. The third-order valence-electron chi connectivity index (χ3n) is 0.915. The van der Waals surface area contributed by atoms with Crippen molar-refractivity contribution in [3.8, 4) is 0 Å². The van der Waals surface area contributed by atoms with Crippen molar-refractivity contribution in [2.45, 2.75) is 6.92 Å².